The zero-order chi connectivity index (χ0) is 14.5. The van der Waals surface area contributed by atoms with Gasteiger partial charge in [0.05, 0.1) is 0 Å². The van der Waals surface area contributed by atoms with E-state index in [2.05, 4.69) is 4.74 Å². The van der Waals surface area contributed by atoms with Crippen molar-refractivity contribution in [3.63, 3.8) is 0 Å². The molecule has 0 saturated heterocycles. The van der Waals surface area contributed by atoms with E-state index in [0.717, 1.165) is 10.3 Å². The largest absolute Gasteiger partial charge is 0.618 e. The number of pyridine rings is 1. The molecule has 1 aromatic carbocycles. The lowest BCUT2D eigenvalue weighted by Crippen LogP contribution is -2.27. The first kappa shape index (κ1) is 14.6. The van der Waals surface area contributed by atoms with E-state index in [1.54, 1.807) is 30.3 Å². The number of ether oxygens (including phenoxy) is 1. The summed E-state index contributed by atoms with van der Waals surface area (Å²) in [6.45, 7) is -0.878. The molecule has 1 atom stereocenters. The van der Waals surface area contributed by atoms with Crippen LogP contribution in [0.5, 0.6) is 5.75 Å². The summed E-state index contributed by atoms with van der Waals surface area (Å²) < 4.78 is 29.2. The number of nitrogens with zero attached hydrogens (tertiary/aromatic N) is 1. The number of rotatable bonds is 5. The molecule has 1 unspecified atom stereocenters. The van der Waals surface area contributed by atoms with Gasteiger partial charge in [-0.2, -0.15) is 13.5 Å². The van der Waals surface area contributed by atoms with Gasteiger partial charge in [-0.1, -0.05) is 12.1 Å². The molecule has 0 aliphatic carbocycles. The fraction of sp³-hybridized carbons (Fsp3) is 0.214. The van der Waals surface area contributed by atoms with Crippen molar-refractivity contribution in [2.45, 2.75) is 23.8 Å². The normalized spacial score (nSPS) is 12.4. The molecule has 0 fully saturated rings. The van der Waals surface area contributed by atoms with Crippen LogP contribution in [0, 0.1) is 5.21 Å². The Balaban J connectivity index is 2.06. The van der Waals surface area contributed by atoms with Crippen molar-refractivity contribution in [3.05, 3.63) is 59.4 Å². The van der Waals surface area contributed by atoms with Gasteiger partial charge in [0.1, 0.15) is 5.75 Å². The molecule has 0 N–H and O–H groups in total. The number of alkyl halides is 2. The molecule has 0 radical (unpaired) electrons. The van der Waals surface area contributed by atoms with Gasteiger partial charge >= 0.3 is 6.61 Å². The Hall–Kier alpha value is -1.82. The number of hydrogen-bond donors (Lipinski definition) is 0. The standard InChI is InChI=1S/C14H13F2NO2S/c1-10(20-13-4-2-3-9-17(13)18)11-5-7-12(8-6-11)19-14(15)16/h2-10,14H,1H3. The molecule has 0 amide bonds. The summed E-state index contributed by atoms with van der Waals surface area (Å²) in [5, 5.41) is 12.2. The predicted octanol–water partition coefficient (Wildman–Crippen LogP) is 3.77. The van der Waals surface area contributed by atoms with Gasteiger partial charge in [0.15, 0.2) is 6.20 Å². The first-order chi connectivity index (χ1) is 9.56. The van der Waals surface area contributed by atoms with Gasteiger partial charge in [0, 0.05) is 17.4 Å². The molecule has 6 heteroatoms. The number of halogens is 2. The minimum atomic E-state index is -2.82. The van der Waals surface area contributed by atoms with Crippen molar-refractivity contribution in [1.82, 2.24) is 0 Å². The SMILES string of the molecule is CC(Sc1cccc[n+]1[O-])c1ccc(OC(F)F)cc1. The zero-order valence-corrected chi connectivity index (χ0v) is 11.5. The van der Waals surface area contributed by atoms with E-state index in [1.807, 2.05) is 6.92 Å². The lowest BCUT2D eigenvalue weighted by Gasteiger charge is -2.12. The molecule has 3 nitrogen and oxygen atoms in total. The van der Waals surface area contributed by atoms with E-state index >= 15 is 0 Å². The van der Waals surface area contributed by atoms with Gasteiger partial charge in [0.25, 0.3) is 5.03 Å². The summed E-state index contributed by atoms with van der Waals surface area (Å²) >= 11 is 1.40. The van der Waals surface area contributed by atoms with Gasteiger partial charge in [-0.05, 0) is 42.4 Å². The minimum Gasteiger partial charge on any atom is -0.618 e. The van der Waals surface area contributed by atoms with Crippen molar-refractivity contribution < 1.29 is 18.2 Å². The van der Waals surface area contributed by atoms with Crippen molar-refractivity contribution >= 4 is 11.8 Å². The van der Waals surface area contributed by atoms with Crippen LogP contribution in [0.2, 0.25) is 0 Å². The van der Waals surface area contributed by atoms with Crippen LogP contribution in [0.4, 0.5) is 8.78 Å². The van der Waals surface area contributed by atoms with E-state index in [-0.39, 0.29) is 11.0 Å². The average Bonchev–Trinajstić information content (AvgIpc) is 2.41. The van der Waals surface area contributed by atoms with Crippen LogP contribution in [-0.4, -0.2) is 6.61 Å². The fourth-order valence-electron chi connectivity index (χ4n) is 1.67. The molecule has 0 saturated carbocycles. The highest BCUT2D eigenvalue weighted by atomic mass is 32.2. The third-order valence-electron chi connectivity index (χ3n) is 2.66. The molecule has 2 rings (SSSR count). The first-order valence-corrected chi connectivity index (χ1v) is 6.84. The molecule has 0 bridgehead atoms. The molecule has 2 aromatic rings. The smallest absolute Gasteiger partial charge is 0.387 e. The lowest BCUT2D eigenvalue weighted by atomic mass is 10.2. The van der Waals surface area contributed by atoms with Crippen LogP contribution >= 0.6 is 11.8 Å². The van der Waals surface area contributed by atoms with E-state index in [0.29, 0.717) is 5.03 Å². The van der Waals surface area contributed by atoms with Crippen molar-refractivity contribution in [2.75, 3.05) is 0 Å². The van der Waals surface area contributed by atoms with Crippen LogP contribution in [0.1, 0.15) is 17.7 Å². The zero-order valence-electron chi connectivity index (χ0n) is 10.7. The van der Waals surface area contributed by atoms with Gasteiger partial charge in [-0.25, -0.2) is 0 Å². The highest BCUT2D eigenvalue weighted by molar-refractivity contribution is 7.99. The van der Waals surface area contributed by atoms with Crippen molar-refractivity contribution in [2.24, 2.45) is 0 Å². The van der Waals surface area contributed by atoms with Gasteiger partial charge < -0.3 is 9.94 Å². The summed E-state index contributed by atoms with van der Waals surface area (Å²) in [7, 11) is 0. The molecule has 106 valence electrons. The van der Waals surface area contributed by atoms with E-state index < -0.39 is 6.61 Å². The van der Waals surface area contributed by atoms with E-state index in [1.165, 1.54) is 30.1 Å². The molecular formula is C14H13F2NO2S. The van der Waals surface area contributed by atoms with E-state index in [4.69, 9.17) is 0 Å². The third-order valence-corrected chi connectivity index (χ3v) is 3.84. The maximum absolute atomic E-state index is 12.0. The number of thioether (sulfide) groups is 1. The summed E-state index contributed by atoms with van der Waals surface area (Å²) in [5.41, 5.74) is 0.931. The Bertz CT molecular complexity index is 563. The second-order valence-corrected chi connectivity index (χ2v) is 5.43. The Morgan fingerprint density at radius 3 is 2.45 bits per heavy atom. The highest BCUT2D eigenvalue weighted by Gasteiger charge is 2.13. The van der Waals surface area contributed by atoms with Crippen LogP contribution in [0.3, 0.4) is 0 Å². The summed E-state index contributed by atoms with van der Waals surface area (Å²) in [4.78, 5) is 0. The minimum absolute atomic E-state index is 0.0261. The summed E-state index contributed by atoms with van der Waals surface area (Å²) in [6, 6.07) is 11.6. The Labute approximate surface area is 119 Å². The topological polar surface area (TPSA) is 36.2 Å². The quantitative estimate of drug-likeness (QED) is 0.479. The molecule has 1 aromatic heterocycles. The lowest BCUT2D eigenvalue weighted by molar-refractivity contribution is -0.645. The fourth-order valence-corrected chi connectivity index (χ4v) is 2.65. The van der Waals surface area contributed by atoms with Gasteiger partial charge in [-0.15, -0.1) is 0 Å². The second-order valence-electron chi connectivity index (χ2n) is 4.07. The highest BCUT2D eigenvalue weighted by Crippen LogP contribution is 2.33. The van der Waals surface area contributed by atoms with Crippen LogP contribution in [0.25, 0.3) is 0 Å². The molecule has 20 heavy (non-hydrogen) atoms. The number of aromatic nitrogens is 1. The summed E-state index contributed by atoms with van der Waals surface area (Å²) in [6.07, 6.45) is 1.44. The van der Waals surface area contributed by atoms with Gasteiger partial charge in [-0.3, -0.25) is 0 Å². The van der Waals surface area contributed by atoms with Gasteiger partial charge in [0.2, 0.25) is 0 Å². The Morgan fingerprint density at radius 1 is 1.15 bits per heavy atom. The molecule has 0 aliphatic rings. The van der Waals surface area contributed by atoms with E-state index in [9.17, 15) is 14.0 Å². The molecule has 1 heterocycles. The van der Waals surface area contributed by atoms with Crippen LogP contribution in [-0.2, 0) is 0 Å². The predicted molar refractivity (Wildman–Crippen MR) is 72.7 cm³/mol. The average molecular weight is 297 g/mol. The maximum Gasteiger partial charge on any atom is 0.387 e. The Kier molecular flexibility index (Phi) is 4.79. The molecule has 0 spiro atoms. The third kappa shape index (κ3) is 3.84. The summed E-state index contributed by atoms with van der Waals surface area (Å²) in [5.74, 6) is 0.125. The van der Waals surface area contributed by atoms with Crippen LogP contribution < -0.4 is 9.47 Å². The first-order valence-electron chi connectivity index (χ1n) is 5.96. The maximum atomic E-state index is 12.0. The number of hydrogen-bond acceptors (Lipinski definition) is 3. The van der Waals surface area contributed by atoms with Crippen molar-refractivity contribution in [1.29, 1.82) is 0 Å². The molecular weight excluding hydrogens is 284 g/mol. The Morgan fingerprint density at radius 2 is 1.85 bits per heavy atom. The monoisotopic (exact) mass is 297 g/mol. The van der Waals surface area contributed by atoms with Crippen molar-refractivity contribution in [3.8, 4) is 5.75 Å². The second kappa shape index (κ2) is 6.56. The molecule has 0 aliphatic heterocycles. The van der Waals surface area contributed by atoms with Crippen LogP contribution in [0.15, 0.2) is 53.7 Å². The number of benzene rings is 1.